The number of benzene rings is 1. The Hall–Kier alpha value is -3.08. The van der Waals surface area contributed by atoms with Crippen molar-refractivity contribution in [1.82, 2.24) is 14.0 Å². The summed E-state index contributed by atoms with van der Waals surface area (Å²) >= 11 is 0. The molecule has 1 aliphatic carbocycles. The van der Waals surface area contributed by atoms with Crippen molar-refractivity contribution in [2.75, 3.05) is 20.4 Å². The second-order valence-electron chi connectivity index (χ2n) is 9.17. The summed E-state index contributed by atoms with van der Waals surface area (Å²) in [5, 5.41) is 22.4. The van der Waals surface area contributed by atoms with Crippen LogP contribution in [-0.4, -0.2) is 62.9 Å². The second kappa shape index (κ2) is 6.72. The maximum atomic E-state index is 13.3. The van der Waals surface area contributed by atoms with Gasteiger partial charge in [0, 0.05) is 33.8 Å². The van der Waals surface area contributed by atoms with Gasteiger partial charge in [-0.15, -0.1) is 0 Å². The number of aromatic nitrogens is 2. The van der Waals surface area contributed by atoms with Gasteiger partial charge >= 0.3 is 5.69 Å². The number of nitrogens with zero attached hydrogens (tertiary/aromatic N) is 3. The zero-order valence-electron chi connectivity index (χ0n) is 18.5. The number of rotatable bonds is 2. The van der Waals surface area contributed by atoms with Gasteiger partial charge in [-0.25, -0.2) is 4.79 Å². The van der Waals surface area contributed by atoms with Crippen LogP contribution in [0.4, 0.5) is 0 Å². The number of aliphatic hydroxyl groups excluding tert-OH is 1. The summed E-state index contributed by atoms with van der Waals surface area (Å²) in [7, 11) is 4.46. The van der Waals surface area contributed by atoms with Crippen LogP contribution in [0.3, 0.4) is 0 Å². The summed E-state index contributed by atoms with van der Waals surface area (Å²) in [6, 6.07) is 2.82. The normalized spacial score (nSPS) is 33.2. The van der Waals surface area contributed by atoms with E-state index >= 15 is 0 Å². The molecule has 33 heavy (non-hydrogen) atoms. The quantitative estimate of drug-likeness (QED) is 0.603. The zero-order chi connectivity index (χ0) is 23.2. The molecule has 2 aromatic rings. The van der Waals surface area contributed by atoms with Crippen LogP contribution in [0.1, 0.15) is 29.2 Å². The number of methoxy groups -OCH3 is 1. The van der Waals surface area contributed by atoms with E-state index in [1.807, 2.05) is 29.2 Å². The van der Waals surface area contributed by atoms with Crippen LogP contribution in [0.2, 0.25) is 0 Å². The third kappa shape index (κ3) is 2.43. The monoisotopic (exact) mass is 455 g/mol. The highest BCUT2D eigenvalue weighted by Crippen LogP contribution is 2.58. The van der Waals surface area contributed by atoms with Gasteiger partial charge in [0.05, 0.1) is 29.2 Å². The number of aliphatic hydroxyl groups is 1. The highest BCUT2D eigenvalue weighted by atomic mass is 16.7. The lowest BCUT2D eigenvalue weighted by molar-refractivity contribution is 0.0586. The molecule has 0 saturated carbocycles. The van der Waals surface area contributed by atoms with E-state index in [-0.39, 0.29) is 36.9 Å². The van der Waals surface area contributed by atoms with Gasteiger partial charge in [0.15, 0.2) is 11.5 Å². The SMILES string of the molecule is CO[C@@H]1C=C[C@@]23c4cc5c(cc4[C@@H](c4c(O)n(C)c(=O)n(C)c4=O)N(C[C@@H]2O)[C@@H]3C1)OCO5. The third-order valence-corrected chi connectivity index (χ3v) is 7.81. The van der Waals surface area contributed by atoms with E-state index < -0.39 is 28.8 Å². The van der Waals surface area contributed by atoms with Crippen molar-refractivity contribution in [3.8, 4) is 17.4 Å². The number of hydrogen-bond acceptors (Lipinski definition) is 8. The third-order valence-electron chi connectivity index (χ3n) is 7.81. The van der Waals surface area contributed by atoms with Crippen molar-refractivity contribution in [3.05, 3.63) is 61.8 Å². The lowest BCUT2D eigenvalue weighted by atomic mass is 9.63. The predicted octanol–water partition coefficient (Wildman–Crippen LogP) is -0.121. The van der Waals surface area contributed by atoms with Gasteiger partial charge in [-0.05, 0) is 29.7 Å². The molecule has 1 fully saturated rings. The average molecular weight is 455 g/mol. The summed E-state index contributed by atoms with van der Waals surface area (Å²) < 4.78 is 18.9. The first kappa shape index (κ1) is 20.5. The van der Waals surface area contributed by atoms with E-state index in [9.17, 15) is 19.8 Å². The maximum Gasteiger partial charge on any atom is 0.333 e. The molecule has 3 aliphatic heterocycles. The van der Waals surface area contributed by atoms with Gasteiger partial charge in [-0.3, -0.25) is 18.8 Å². The van der Waals surface area contributed by atoms with Crippen LogP contribution in [0.15, 0.2) is 33.9 Å². The first-order chi connectivity index (χ1) is 15.8. The van der Waals surface area contributed by atoms with Crippen molar-refractivity contribution in [3.63, 3.8) is 0 Å². The van der Waals surface area contributed by atoms with Gasteiger partial charge in [0.2, 0.25) is 12.7 Å². The summed E-state index contributed by atoms with van der Waals surface area (Å²) in [5.74, 6) is 0.729. The number of fused-ring (bicyclic) bond motifs is 2. The Morgan fingerprint density at radius 1 is 1.15 bits per heavy atom. The molecule has 10 nitrogen and oxygen atoms in total. The fourth-order valence-electron chi connectivity index (χ4n) is 6.16. The largest absolute Gasteiger partial charge is 0.494 e. The van der Waals surface area contributed by atoms with Gasteiger partial charge in [-0.1, -0.05) is 12.2 Å². The van der Waals surface area contributed by atoms with E-state index in [2.05, 4.69) is 0 Å². The van der Waals surface area contributed by atoms with E-state index in [0.29, 0.717) is 17.9 Å². The first-order valence-electron chi connectivity index (χ1n) is 10.9. The Kier molecular flexibility index (Phi) is 4.18. The van der Waals surface area contributed by atoms with Crippen molar-refractivity contribution < 1.29 is 24.4 Å². The number of ether oxygens (including phenoxy) is 3. The predicted molar refractivity (Wildman–Crippen MR) is 116 cm³/mol. The molecule has 2 N–H and O–H groups in total. The fraction of sp³-hybridized carbons (Fsp3) is 0.478. The van der Waals surface area contributed by atoms with Crippen LogP contribution in [-0.2, 0) is 24.2 Å². The lowest BCUT2D eigenvalue weighted by Crippen LogP contribution is -2.54. The molecule has 1 unspecified atom stereocenters. The maximum absolute atomic E-state index is 13.3. The molecule has 10 heteroatoms. The Balaban J connectivity index is 1.69. The van der Waals surface area contributed by atoms with E-state index in [0.717, 1.165) is 20.3 Å². The molecule has 6 rings (SSSR count). The van der Waals surface area contributed by atoms with E-state index in [1.54, 1.807) is 7.11 Å². The van der Waals surface area contributed by atoms with E-state index in [1.165, 1.54) is 14.1 Å². The zero-order valence-corrected chi connectivity index (χ0v) is 18.5. The standard InChI is InChI=1S/C23H25N3O7/c1-24-20(28)18(21(29)25(2)22(24)30)19-12-7-14-15(33-10-32-14)8-13(12)23-5-4-11(31-3)6-16(23)26(19)9-17(23)27/h4-5,7-8,11,16-17,19,27-28H,6,9-10H2,1-3H3/t11-,16-,17+,19+,23+/m1/s1. The highest BCUT2D eigenvalue weighted by Gasteiger charge is 2.62. The van der Waals surface area contributed by atoms with Gasteiger partial charge in [0.25, 0.3) is 5.56 Å². The molecule has 4 aliphatic rings. The van der Waals surface area contributed by atoms with Gasteiger partial charge in [0.1, 0.15) is 0 Å². The molecule has 6 atom stereocenters. The summed E-state index contributed by atoms with van der Waals surface area (Å²) in [6.07, 6.45) is 3.68. The molecule has 174 valence electrons. The minimum absolute atomic E-state index is 0.0834. The minimum atomic E-state index is -0.751. The topological polar surface area (TPSA) is 115 Å². The minimum Gasteiger partial charge on any atom is -0.494 e. The highest BCUT2D eigenvalue weighted by molar-refractivity contribution is 5.60. The molecule has 1 aromatic heterocycles. The fourth-order valence-corrected chi connectivity index (χ4v) is 6.16. The first-order valence-corrected chi connectivity index (χ1v) is 10.9. The molecule has 0 spiro atoms. The Morgan fingerprint density at radius 2 is 1.88 bits per heavy atom. The smallest absolute Gasteiger partial charge is 0.333 e. The molecule has 0 radical (unpaired) electrons. The van der Waals surface area contributed by atoms with Crippen LogP contribution in [0.5, 0.6) is 17.4 Å². The molecule has 1 saturated heterocycles. The molecular formula is C23H25N3O7. The Labute approximate surface area is 188 Å². The molecular weight excluding hydrogens is 430 g/mol. The molecule has 0 amide bonds. The van der Waals surface area contributed by atoms with Crippen LogP contribution >= 0.6 is 0 Å². The molecule has 2 bridgehead atoms. The molecule has 1 aromatic carbocycles. The lowest BCUT2D eigenvalue weighted by Gasteiger charge is -2.49. The summed E-state index contributed by atoms with van der Waals surface area (Å²) in [6.45, 7) is 0.364. The van der Waals surface area contributed by atoms with Crippen molar-refractivity contribution in [2.45, 2.75) is 36.1 Å². The number of hydrogen-bond donors (Lipinski definition) is 2. The van der Waals surface area contributed by atoms with Gasteiger partial charge in [-0.2, -0.15) is 0 Å². The van der Waals surface area contributed by atoms with Crippen LogP contribution in [0.25, 0.3) is 0 Å². The Morgan fingerprint density at radius 3 is 2.61 bits per heavy atom. The van der Waals surface area contributed by atoms with E-state index in [4.69, 9.17) is 14.2 Å². The average Bonchev–Trinajstić information content (AvgIpc) is 3.37. The van der Waals surface area contributed by atoms with Crippen LogP contribution < -0.4 is 20.7 Å². The summed E-state index contributed by atoms with van der Waals surface area (Å²) in [4.78, 5) is 27.8. The van der Waals surface area contributed by atoms with Crippen LogP contribution in [0, 0.1) is 0 Å². The number of aromatic hydroxyl groups is 1. The molecule has 4 heterocycles. The summed E-state index contributed by atoms with van der Waals surface area (Å²) in [5.41, 5.74) is -0.260. The Bertz CT molecular complexity index is 1330. The van der Waals surface area contributed by atoms with Gasteiger partial charge < -0.3 is 24.4 Å². The van der Waals surface area contributed by atoms with Crippen molar-refractivity contribution >= 4 is 0 Å². The van der Waals surface area contributed by atoms with Crippen molar-refractivity contribution in [1.29, 1.82) is 0 Å². The second-order valence-corrected chi connectivity index (χ2v) is 9.17. The van der Waals surface area contributed by atoms with Crippen molar-refractivity contribution in [2.24, 2.45) is 14.1 Å².